The first-order valence-electron chi connectivity index (χ1n) is 11.0. The second kappa shape index (κ2) is 9.33. The number of anilines is 1. The fourth-order valence-electron chi connectivity index (χ4n) is 4.04. The van der Waals surface area contributed by atoms with E-state index < -0.39 is 11.4 Å². The molecule has 0 aromatic heterocycles. The van der Waals surface area contributed by atoms with Gasteiger partial charge >= 0.3 is 0 Å². The molecule has 8 heteroatoms. The highest BCUT2D eigenvalue weighted by atomic mass is 19.1. The first-order chi connectivity index (χ1) is 15.9. The molecule has 1 spiro atoms. The van der Waals surface area contributed by atoms with Crippen LogP contribution in [0.25, 0.3) is 0 Å². The van der Waals surface area contributed by atoms with Gasteiger partial charge in [0.25, 0.3) is 5.91 Å². The van der Waals surface area contributed by atoms with Gasteiger partial charge in [0, 0.05) is 24.7 Å². The van der Waals surface area contributed by atoms with E-state index in [2.05, 4.69) is 17.2 Å². The Labute approximate surface area is 192 Å². The molecule has 7 nitrogen and oxygen atoms in total. The average molecular weight is 454 g/mol. The van der Waals surface area contributed by atoms with Crippen LogP contribution in [0.15, 0.2) is 59.7 Å². The zero-order chi connectivity index (χ0) is 23.6. The lowest BCUT2D eigenvalue weighted by Crippen LogP contribution is -2.55. The third kappa shape index (κ3) is 4.49. The number of nitrogens with zero attached hydrogens (tertiary/aromatic N) is 1. The summed E-state index contributed by atoms with van der Waals surface area (Å²) >= 11 is 0. The van der Waals surface area contributed by atoms with E-state index in [9.17, 15) is 9.59 Å². The minimum atomic E-state index is -0.830. The highest BCUT2D eigenvalue weighted by molar-refractivity contribution is 6.01. The van der Waals surface area contributed by atoms with Gasteiger partial charge in [0.2, 0.25) is 5.91 Å². The van der Waals surface area contributed by atoms with E-state index in [0.717, 1.165) is 17.6 Å². The molecule has 0 atom stereocenters. The average Bonchev–Trinajstić information content (AvgIpc) is 2.80. The van der Waals surface area contributed by atoms with Crippen LogP contribution in [0.3, 0.4) is 0 Å². The third-order valence-electron chi connectivity index (χ3n) is 6.26. The van der Waals surface area contributed by atoms with Crippen molar-refractivity contribution in [1.29, 1.82) is 0 Å². The van der Waals surface area contributed by atoms with Gasteiger partial charge in [-0.15, -0.1) is 0 Å². The molecule has 2 heterocycles. The van der Waals surface area contributed by atoms with E-state index in [0.29, 0.717) is 42.9 Å². The van der Waals surface area contributed by atoms with Crippen LogP contribution in [0.5, 0.6) is 5.75 Å². The zero-order valence-corrected chi connectivity index (χ0v) is 18.9. The van der Waals surface area contributed by atoms with Crippen LogP contribution in [-0.4, -0.2) is 42.7 Å². The highest BCUT2D eigenvalue weighted by Crippen LogP contribution is 2.45. The van der Waals surface area contributed by atoms with Crippen molar-refractivity contribution in [3.8, 4) is 5.75 Å². The van der Waals surface area contributed by atoms with Gasteiger partial charge in [0.05, 0.1) is 13.2 Å². The second-order valence-electron chi connectivity index (χ2n) is 8.32. The predicted molar refractivity (Wildman–Crippen MR) is 123 cm³/mol. The number of carbonyl (C=O) groups excluding carboxylic acids is 2. The number of halogens is 1. The topological polar surface area (TPSA) is 79.9 Å². The van der Waals surface area contributed by atoms with E-state index in [1.54, 1.807) is 30.3 Å². The second-order valence-corrected chi connectivity index (χ2v) is 8.32. The van der Waals surface area contributed by atoms with Crippen molar-refractivity contribution in [3.05, 3.63) is 71.1 Å². The Morgan fingerprint density at radius 2 is 2.15 bits per heavy atom. The van der Waals surface area contributed by atoms with Crippen molar-refractivity contribution in [2.75, 3.05) is 25.5 Å². The quantitative estimate of drug-likeness (QED) is 0.509. The number of carbonyl (C=O) groups is 2. The van der Waals surface area contributed by atoms with E-state index in [-0.39, 0.29) is 24.0 Å². The zero-order valence-electron chi connectivity index (χ0n) is 18.9. The molecule has 0 unspecified atom stereocenters. The Morgan fingerprint density at radius 3 is 2.76 bits per heavy atom. The number of fused-ring (bicyclic) bond motifs is 1. The number of likely N-dealkylation sites (N-methyl/N-ethyl adjacent to an activating group) is 1. The van der Waals surface area contributed by atoms with Gasteiger partial charge in [0.1, 0.15) is 11.4 Å². The van der Waals surface area contributed by atoms with E-state index in [4.69, 9.17) is 9.57 Å². The molecule has 4 rings (SSSR count). The minimum absolute atomic E-state index is 0.0981. The highest BCUT2D eigenvalue weighted by Gasteiger charge is 2.50. The summed E-state index contributed by atoms with van der Waals surface area (Å²) in [7, 11) is 1.56. The number of rotatable bonds is 6. The van der Waals surface area contributed by atoms with Crippen LogP contribution in [-0.2, 0) is 21.0 Å². The summed E-state index contributed by atoms with van der Waals surface area (Å²) in [5, 5.41) is 6.90. The summed E-state index contributed by atoms with van der Waals surface area (Å²) in [5.41, 5.74) is 1.92. The van der Waals surface area contributed by atoms with Gasteiger partial charge in [0.15, 0.2) is 11.4 Å². The molecule has 1 fully saturated rings. The predicted octanol–water partition coefficient (Wildman–Crippen LogP) is 3.56. The number of ether oxygens (including phenoxy) is 1. The van der Waals surface area contributed by atoms with Gasteiger partial charge in [-0.2, -0.15) is 5.06 Å². The van der Waals surface area contributed by atoms with Crippen LogP contribution in [0.2, 0.25) is 0 Å². The molecule has 1 aromatic carbocycles. The first kappa shape index (κ1) is 22.9. The van der Waals surface area contributed by atoms with Crippen molar-refractivity contribution >= 4 is 17.5 Å². The van der Waals surface area contributed by atoms with Crippen LogP contribution in [0.1, 0.15) is 31.7 Å². The molecule has 33 heavy (non-hydrogen) atoms. The number of nitrogens with one attached hydrogen (secondary N) is 2. The summed E-state index contributed by atoms with van der Waals surface area (Å²) in [6.07, 6.45) is 9.66. The van der Waals surface area contributed by atoms with Crippen molar-refractivity contribution in [2.24, 2.45) is 0 Å². The molecule has 1 aliphatic carbocycles. The number of hydroxylamine groups is 2. The standard InChI is InChI=1S/C25H28FN3O4/c1-4-17(7-6-16(2)23(30)27-3)19-10-13-29(32-15-19)14-18-8-9-20-22(21(18)26)28-24(31)25(33-20)11-5-12-25/h4,6-10H,2,5,11-15H2,1,3H3,(H,27,30)(H,28,31)/b7-6-,17-4+. The van der Waals surface area contributed by atoms with Crippen molar-refractivity contribution in [3.63, 3.8) is 0 Å². The van der Waals surface area contributed by atoms with Gasteiger partial charge in [-0.3, -0.25) is 14.4 Å². The van der Waals surface area contributed by atoms with Gasteiger partial charge in [-0.25, -0.2) is 4.39 Å². The fourth-order valence-corrected chi connectivity index (χ4v) is 4.04. The van der Waals surface area contributed by atoms with E-state index in [1.165, 1.54) is 0 Å². The molecule has 0 saturated heterocycles. The maximum Gasteiger partial charge on any atom is 0.268 e. The summed E-state index contributed by atoms with van der Waals surface area (Å²) in [5.74, 6) is -0.637. The molecule has 0 bridgehead atoms. The monoisotopic (exact) mass is 453 g/mol. The summed E-state index contributed by atoms with van der Waals surface area (Å²) in [6, 6.07) is 3.38. The lowest BCUT2D eigenvalue weighted by molar-refractivity contribution is -0.156. The summed E-state index contributed by atoms with van der Waals surface area (Å²) < 4.78 is 21.0. The van der Waals surface area contributed by atoms with E-state index in [1.807, 2.05) is 25.2 Å². The molecule has 2 amide bonds. The molecule has 1 saturated carbocycles. The number of allylic oxidation sites excluding steroid dienone is 2. The Kier molecular flexibility index (Phi) is 6.49. The Hall–Kier alpha value is -3.23. The molecule has 2 N–H and O–H groups in total. The lowest BCUT2D eigenvalue weighted by atomic mass is 9.78. The fraction of sp³-hybridized carbons (Fsp3) is 0.360. The maximum absolute atomic E-state index is 15.1. The molecule has 1 aromatic rings. The van der Waals surface area contributed by atoms with Crippen molar-refractivity contribution in [2.45, 2.75) is 38.3 Å². The van der Waals surface area contributed by atoms with Crippen LogP contribution < -0.4 is 15.4 Å². The largest absolute Gasteiger partial charge is 0.475 e. The van der Waals surface area contributed by atoms with Crippen molar-refractivity contribution in [1.82, 2.24) is 10.4 Å². The molecule has 3 aliphatic rings. The normalized spacial score (nSPS) is 19.9. The third-order valence-corrected chi connectivity index (χ3v) is 6.26. The number of benzene rings is 1. The maximum atomic E-state index is 15.1. The summed E-state index contributed by atoms with van der Waals surface area (Å²) in [6.45, 7) is 6.63. The molecular weight excluding hydrogens is 425 g/mol. The smallest absolute Gasteiger partial charge is 0.268 e. The van der Waals surface area contributed by atoms with Crippen LogP contribution in [0, 0.1) is 5.82 Å². The van der Waals surface area contributed by atoms with Gasteiger partial charge in [-0.05, 0) is 49.5 Å². The minimum Gasteiger partial charge on any atom is -0.475 e. The van der Waals surface area contributed by atoms with E-state index >= 15 is 4.39 Å². The Balaban J connectivity index is 1.41. The van der Waals surface area contributed by atoms with Gasteiger partial charge < -0.3 is 15.4 Å². The number of hydrogen-bond donors (Lipinski definition) is 2. The molecular formula is C25H28FN3O4. The number of amides is 2. The molecule has 174 valence electrons. The Bertz CT molecular complexity index is 1090. The molecule has 2 aliphatic heterocycles. The van der Waals surface area contributed by atoms with Crippen LogP contribution in [0.4, 0.5) is 10.1 Å². The molecule has 0 radical (unpaired) electrons. The first-order valence-corrected chi connectivity index (χ1v) is 11.0. The Morgan fingerprint density at radius 1 is 1.36 bits per heavy atom. The SMILES string of the molecule is C=C(/C=C\C(=C/C)C1=CCN(Cc2ccc3c(c2F)NC(=O)C2(CCC2)O3)OC1)C(=O)NC. The lowest BCUT2D eigenvalue weighted by Gasteiger charge is -2.43. The number of hydrogen-bond acceptors (Lipinski definition) is 5. The van der Waals surface area contributed by atoms with Crippen LogP contribution >= 0.6 is 0 Å². The van der Waals surface area contributed by atoms with Gasteiger partial charge in [-0.1, -0.05) is 30.9 Å². The van der Waals surface area contributed by atoms with Crippen molar-refractivity contribution < 1.29 is 23.6 Å². The summed E-state index contributed by atoms with van der Waals surface area (Å²) in [4.78, 5) is 29.8.